The van der Waals surface area contributed by atoms with Crippen LogP contribution in [-0.4, -0.2) is 237 Å². The third-order valence-electron chi connectivity index (χ3n) is 17.6. The number of fused-ring (bicyclic) bond motifs is 1. The van der Waals surface area contributed by atoms with E-state index in [0.717, 1.165) is 59.8 Å². The molecule has 4 rings (SSSR count). The molecule has 1 unspecified atom stereocenters. The molecule has 0 aliphatic carbocycles. The monoisotopic (exact) mass is 1580 g/mol. The number of H-pyrrole nitrogens is 1. The van der Waals surface area contributed by atoms with Crippen molar-refractivity contribution < 1.29 is 116 Å². The number of Topliss-reactive ketones (excluding diaryl/α,β-unsaturated/α-hetero) is 1. The third kappa shape index (κ3) is 31.1. The Morgan fingerprint density at radius 3 is 1.72 bits per heavy atom. The molecule has 0 spiro atoms. The van der Waals surface area contributed by atoms with Crippen molar-refractivity contribution in [2.24, 2.45) is 17.4 Å². The predicted molar refractivity (Wildman–Crippen MR) is 394 cm³/mol. The van der Waals surface area contributed by atoms with E-state index >= 15 is 0 Å². The standard InChI is InChI=1S/C71H101N17O24/c1-6-7-8-9-10-11-12-23-53(92)81-45(26-39-31-75-43-21-16-14-18-40(39)43)65(105)84-46(28-52(74)91)66(106)85-48(30-58(99)100)67(107)88-60-38(5)112-71(111)49(27-51(90)41-19-13-15-20-42(41)73)86-70(110)59(35(2)25-56(95)96)87-68(108)50(34-89)82-55(94)32-76-63(103)47(29-57(97)98)83-62(102)37(4)78-61(101)36(3)79-64(104)44(22-17-24-72)80-54(93)33-77-69(60)109/h13-16,18-21,31,35-38,44-50,59-60,75,89H,6-12,17,22-30,32-34,72-73H2,1-5H3,(H2,74,91)(H,76,103)(H,77,109)(H,78,101)(H,79,104)(H,80,93)(H,81,92)(H,82,94)(H,83,102)(H,84,105)(H,85,106)(H,86,110)(H,87,108)(H,88,107)(H,95,96)(H,97,98)(H,99,100)/t35?,36-,37+,38+,44-,45-,46+,47-,48-,49-,50+,59-,60-/m0/s1. The number of carboxylic acids is 3. The van der Waals surface area contributed by atoms with Crippen LogP contribution < -0.4 is 86.3 Å². The number of para-hydroxylation sites is 2. The first-order valence-corrected chi connectivity index (χ1v) is 36.2. The molecule has 112 heavy (non-hydrogen) atoms. The number of aliphatic carboxylic acids is 3. The quantitative estimate of drug-likeness (QED) is 0.0117. The van der Waals surface area contributed by atoms with Crippen LogP contribution in [0.15, 0.2) is 54.7 Å². The second-order valence-corrected chi connectivity index (χ2v) is 26.8. The first kappa shape index (κ1) is 92.2. The van der Waals surface area contributed by atoms with Gasteiger partial charge in [-0.3, -0.25) is 86.3 Å². The van der Waals surface area contributed by atoms with Crippen molar-refractivity contribution in [2.75, 3.05) is 32.0 Å². The molecule has 14 amide bonds. The maximum Gasteiger partial charge on any atom is 0.329 e. The fraction of sp³-hybridized carbons (Fsp3) is 0.535. The Balaban J connectivity index is 1.84. The minimum atomic E-state index is -2.39. The van der Waals surface area contributed by atoms with Gasteiger partial charge in [-0.2, -0.15) is 0 Å². The highest BCUT2D eigenvalue weighted by Gasteiger charge is 2.41. The molecule has 1 aliphatic rings. The summed E-state index contributed by atoms with van der Waals surface area (Å²) in [5.41, 5.74) is 18.2. The van der Waals surface area contributed by atoms with Crippen molar-refractivity contribution in [3.05, 3.63) is 65.9 Å². The minimum absolute atomic E-state index is 0.00325. The summed E-state index contributed by atoms with van der Waals surface area (Å²) in [6, 6.07) is -9.12. The van der Waals surface area contributed by atoms with E-state index < -0.39 is 243 Å². The number of esters is 1. The number of ketones is 1. The molecule has 2 aromatic carbocycles. The number of hydrogen-bond acceptors (Lipinski definition) is 23. The van der Waals surface area contributed by atoms with Crippen LogP contribution in [0, 0.1) is 5.92 Å². The van der Waals surface area contributed by atoms with Gasteiger partial charge in [0.1, 0.15) is 72.6 Å². The molecular formula is C71H101N17O24. The lowest BCUT2D eigenvalue weighted by atomic mass is 9.96. The molecule has 3 aromatic rings. The van der Waals surface area contributed by atoms with Gasteiger partial charge in [0.05, 0.1) is 45.4 Å². The summed E-state index contributed by atoms with van der Waals surface area (Å²) in [5.74, 6) is -26.6. The summed E-state index contributed by atoms with van der Waals surface area (Å²) < 4.78 is 5.70. The van der Waals surface area contributed by atoms with Gasteiger partial charge in [0.2, 0.25) is 82.7 Å². The molecule has 24 N–H and O–H groups in total. The van der Waals surface area contributed by atoms with Crippen LogP contribution in [0.4, 0.5) is 5.69 Å². The molecule has 1 aliphatic heterocycles. The Kier molecular flexibility index (Phi) is 38.2. The zero-order chi connectivity index (χ0) is 83.5. The Morgan fingerprint density at radius 1 is 0.562 bits per heavy atom. The number of aromatic nitrogens is 1. The number of hydrogen-bond donors (Lipinski definition) is 21. The lowest BCUT2D eigenvalue weighted by Gasteiger charge is -2.30. The van der Waals surface area contributed by atoms with Crippen LogP contribution in [0.2, 0.25) is 0 Å². The molecule has 1 fully saturated rings. The first-order valence-electron chi connectivity index (χ1n) is 36.2. The van der Waals surface area contributed by atoms with Crippen LogP contribution in [0.25, 0.3) is 10.9 Å². The number of cyclic esters (lactones) is 1. The molecular weight excluding hydrogens is 1470 g/mol. The Bertz CT molecular complexity index is 3910. The SMILES string of the molecule is CCCCCCCCCC(=O)N[C@@H](Cc1c[nH]c2ccccc12)C(=O)N[C@H](CC(N)=O)C(=O)N[C@@H](CC(=O)O)C(=O)N[C@@H]1C(=O)NCC(=O)N[C@@H](CCCN)C(=O)N[C@@H](C)C(=O)N[C@H](C)C(=O)N[C@@H](CC(=O)O)C(=O)NCC(=O)N[C@H](CO)C(=O)N[C@@H](C(C)CC(=O)O)C(=O)N[C@@H](CC(=O)c2ccccc2N)C(=O)O[C@@H]1C. The number of rotatable bonds is 33. The molecule has 41 nitrogen and oxygen atoms in total. The van der Waals surface area contributed by atoms with E-state index in [-0.39, 0.29) is 43.5 Å². The van der Waals surface area contributed by atoms with Crippen molar-refractivity contribution >= 4 is 129 Å². The molecule has 13 atom stereocenters. The number of carbonyl (C=O) groups excluding carboxylic acids is 16. The van der Waals surface area contributed by atoms with Gasteiger partial charge in [-0.15, -0.1) is 0 Å². The summed E-state index contributed by atoms with van der Waals surface area (Å²) in [6.07, 6.45) is -0.489. The second-order valence-electron chi connectivity index (χ2n) is 26.8. The van der Waals surface area contributed by atoms with E-state index in [2.05, 4.69) is 70.4 Å². The summed E-state index contributed by atoms with van der Waals surface area (Å²) in [7, 11) is 0. The fourth-order valence-corrected chi connectivity index (χ4v) is 11.5. The molecule has 614 valence electrons. The Labute approximate surface area is 642 Å². The summed E-state index contributed by atoms with van der Waals surface area (Å²) in [5, 5.41) is 69.6. The topological polar surface area (TPSA) is 665 Å². The highest BCUT2D eigenvalue weighted by Crippen LogP contribution is 2.21. The Morgan fingerprint density at radius 2 is 1.12 bits per heavy atom. The number of carboxylic acid groups (broad SMARTS) is 3. The number of aromatic amines is 1. The van der Waals surface area contributed by atoms with Crippen LogP contribution in [0.1, 0.15) is 147 Å². The van der Waals surface area contributed by atoms with E-state index in [1.165, 1.54) is 24.3 Å². The van der Waals surface area contributed by atoms with Gasteiger partial charge < -0.3 is 116 Å². The van der Waals surface area contributed by atoms with Crippen molar-refractivity contribution in [1.82, 2.24) is 74.1 Å². The van der Waals surface area contributed by atoms with Crippen molar-refractivity contribution in [3.8, 4) is 0 Å². The van der Waals surface area contributed by atoms with Crippen molar-refractivity contribution in [3.63, 3.8) is 0 Å². The molecule has 0 bridgehead atoms. The van der Waals surface area contributed by atoms with Crippen molar-refractivity contribution in [2.45, 2.75) is 210 Å². The van der Waals surface area contributed by atoms with Crippen LogP contribution >= 0.6 is 0 Å². The number of carbonyl (C=O) groups is 19. The number of nitrogen functional groups attached to an aromatic ring is 1. The number of unbranched alkanes of at least 4 members (excludes halogenated alkanes) is 6. The number of anilines is 1. The van der Waals surface area contributed by atoms with Crippen LogP contribution in [-0.2, 0) is 97.5 Å². The van der Waals surface area contributed by atoms with Gasteiger partial charge in [-0.1, -0.05) is 82.7 Å². The normalized spacial score (nSPS) is 21.5. The Hall–Kier alpha value is -12.2. The van der Waals surface area contributed by atoms with Gasteiger partial charge >= 0.3 is 23.9 Å². The second kappa shape index (κ2) is 46.4. The predicted octanol–water partition coefficient (Wildman–Crippen LogP) is -5.08. The zero-order valence-electron chi connectivity index (χ0n) is 62.5. The molecule has 1 aromatic heterocycles. The highest BCUT2D eigenvalue weighted by molar-refractivity contribution is 6.05. The number of aliphatic hydroxyl groups excluding tert-OH is 1. The number of ether oxygens (including phenoxy) is 1. The fourth-order valence-electron chi connectivity index (χ4n) is 11.5. The van der Waals surface area contributed by atoms with Crippen LogP contribution in [0.3, 0.4) is 0 Å². The molecule has 1 saturated heterocycles. The average Bonchev–Trinajstić information content (AvgIpc) is 1.58. The number of nitrogens with two attached hydrogens (primary N) is 3. The summed E-state index contributed by atoms with van der Waals surface area (Å²) in [4.78, 5) is 263. The van der Waals surface area contributed by atoms with E-state index in [9.17, 15) is 112 Å². The number of primary amides is 1. The minimum Gasteiger partial charge on any atom is -0.481 e. The number of benzene rings is 2. The maximum atomic E-state index is 14.8. The third-order valence-corrected chi connectivity index (χ3v) is 17.6. The number of amides is 14. The first-order chi connectivity index (χ1) is 53.0. The molecule has 41 heteroatoms. The largest absolute Gasteiger partial charge is 0.481 e. The molecule has 0 saturated carbocycles. The smallest absolute Gasteiger partial charge is 0.329 e. The van der Waals surface area contributed by atoms with Gasteiger partial charge in [-0.25, -0.2) is 4.79 Å². The van der Waals surface area contributed by atoms with Crippen LogP contribution in [0.5, 0.6) is 0 Å². The number of aliphatic hydroxyl groups is 1. The summed E-state index contributed by atoms with van der Waals surface area (Å²) in [6.45, 7) is 2.72. The van der Waals surface area contributed by atoms with E-state index in [0.29, 0.717) is 29.3 Å². The lowest BCUT2D eigenvalue weighted by molar-refractivity contribution is -0.156. The van der Waals surface area contributed by atoms with E-state index in [4.69, 9.17) is 21.9 Å². The highest BCUT2D eigenvalue weighted by atomic mass is 16.5. The maximum absolute atomic E-state index is 14.8. The zero-order valence-corrected chi connectivity index (χ0v) is 62.5. The van der Waals surface area contributed by atoms with E-state index in [1.807, 2.05) is 10.6 Å². The van der Waals surface area contributed by atoms with E-state index in [1.54, 1.807) is 30.5 Å². The molecule has 0 radical (unpaired) electrons. The van der Waals surface area contributed by atoms with Gasteiger partial charge in [0.25, 0.3) is 0 Å². The summed E-state index contributed by atoms with van der Waals surface area (Å²) >= 11 is 0. The molecule has 2 heterocycles. The van der Waals surface area contributed by atoms with Gasteiger partial charge in [0.15, 0.2) is 5.78 Å². The lowest BCUT2D eigenvalue weighted by Crippen LogP contribution is -2.62. The number of nitrogens with one attached hydrogen (secondary N) is 14. The average molecular weight is 1580 g/mol. The van der Waals surface area contributed by atoms with Crippen molar-refractivity contribution in [1.29, 1.82) is 0 Å². The van der Waals surface area contributed by atoms with Gasteiger partial charge in [0, 0.05) is 47.6 Å². The van der Waals surface area contributed by atoms with Gasteiger partial charge in [-0.05, 0) is 76.3 Å².